The fourth-order valence-electron chi connectivity index (χ4n) is 3.04. The monoisotopic (exact) mass is 299 g/mol. The molecule has 0 aliphatic heterocycles. The molecule has 22 heavy (non-hydrogen) atoms. The van der Waals surface area contributed by atoms with Gasteiger partial charge in [-0.15, -0.1) is 0 Å². The first-order valence-electron chi connectivity index (χ1n) is 8.34. The number of benzene rings is 2. The van der Waals surface area contributed by atoms with Crippen molar-refractivity contribution >= 4 is 10.8 Å². The molecule has 0 heterocycles. The van der Waals surface area contributed by atoms with Crippen molar-refractivity contribution in [2.24, 2.45) is 0 Å². The zero-order valence-electron chi connectivity index (χ0n) is 13.1. The molecule has 0 saturated heterocycles. The highest BCUT2D eigenvalue weighted by molar-refractivity contribution is 5.83. The van der Waals surface area contributed by atoms with Crippen molar-refractivity contribution in [2.75, 3.05) is 26.4 Å². The molecule has 2 aromatic carbocycles. The first-order chi connectivity index (χ1) is 10.9. The second-order valence-corrected chi connectivity index (χ2v) is 5.91. The highest BCUT2D eigenvalue weighted by atomic mass is 16.5. The van der Waals surface area contributed by atoms with Crippen LogP contribution < -0.4 is 10.1 Å². The number of nitrogens with one attached hydrogen (secondary N) is 1. The standard InChI is InChI=1S/C19H25NO2/c1-2-6-17-15-19(10-9-16(17)5-1)22-14-13-21-12-11-20-18-7-3-4-8-18/h1-2,5-6,9-10,15,18,20H,3-4,7-8,11-14H2. The summed E-state index contributed by atoms with van der Waals surface area (Å²) in [5.41, 5.74) is 0. The van der Waals surface area contributed by atoms with Gasteiger partial charge < -0.3 is 14.8 Å². The highest BCUT2D eigenvalue weighted by Gasteiger charge is 2.13. The van der Waals surface area contributed by atoms with Crippen LogP contribution in [0.3, 0.4) is 0 Å². The Kier molecular flexibility index (Phi) is 5.68. The maximum Gasteiger partial charge on any atom is 0.120 e. The Morgan fingerprint density at radius 2 is 1.73 bits per heavy atom. The number of ether oxygens (including phenoxy) is 2. The average molecular weight is 299 g/mol. The van der Waals surface area contributed by atoms with Gasteiger partial charge in [-0.3, -0.25) is 0 Å². The van der Waals surface area contributed by atoms with Crippen molar-refractivity contribution in [3.05, 3.63) is 42.5 Å². The van der Waals surface area contributed by atoms with Crippen molar-refractivity contribution < 1.29 is 9.47 Å². The number of fused-ring (bicyclic) bond motifs is 1. The van der Waals surface area contributed by atoms with E-state index in [-0.39, 0.29) is 0 Å². The molecule has 1 N–H and O–H groups in total. The van der Waals surface area contributed by atoms with E-state index in [0.717, 1.165) is 24.9 Å². The lowest BCUT2D eigenvalue weighted by Crippen LogP contribution is -2.29. The molecular weight excluding hydrogens is 274 g/mol. The predicted octanol–water partition coefficient (Wildman–Crippen LogP) is 3.77. The lowest BCUT2D eigenvalue weighted by Gasteiger charge is -2.12. The lowest BCUT2D eigenvalue weighted by atomic mass is 10.1. The van der Waals surface area contributed by atoms with E-state index < -0.39 is 0 Å². The predicted molar refractivity (Wildman–Crippen MR) is 90.5 cm³/mol. The maximum atomic E-state index is 5.75. The minimum atomic E-state index is 0.599. The zero-order chi connectivity index (χ0) is 15.0. The molecule has 1 fully saturated rings. The first kappa shape index (κ1) is 15.3. The molecule has 0 aromatic heterocycles. The van der Waals surface area contributed by atoms with Crippen LogP contribution in [0.5, 0.6) is 5.75 Å². The first-order valence-corrected chi connectivity index (χ1v) is 8.34. The molecule has 118 valence electrons. The summed E-state index contributed by atoms with van der Waals surface area (Å²) in [4.78, 5) is 0. The molecule has 0 unspecified atom stereocenters. The lowest BCUT2D eigenvalue weighted by molar-refractivity contribution is 0.100. The summed E-state index contributed by atoms with van der Waals surface area (Å²) in [6, 6.07) is 15.2. The highest BCUT2D eigenvalue weighted by Crippen LogP contribution is 2.20. The number of hydrogen-bond acceptors (Lipinski definition) is 3. The molecule has 0 radical (unpaired) electrons. The van der Waals surface area contributed by atoms with Gasteiger partial charge in [0, 0.05) is 12.6 Å². The summed E-state index contributed by atoms with van der Waals surface area (Å²) < 4.78 is 11.4. The van der Waals surface area contributed by atoms with Crippen LogP contribution in [0.1, 0.15) is 25.7 Å². The Hall–Kier alpha value is -1.58. The van der Waals surface area contributed by atoms with Gasteiger partial charge >= 0.3 is 0 Å². The van der Waals surface area contributed by atoms with Crippen molar-refractivity contribution in [3.63, 3.8) is 0 Å². The molecule has 0 spiro atoms. The van der Waals surface area contributed by atoms with Crippen molar-refractivity contribution in [1.29, 1.82) is 0 Å². The summed E-state index contributed by atoms with van der Waals surface area (Å²) in [6.07, 6.45) is 5.40. The Morgan fingerprint density at radius 1 is 0.909 bits per heavy atom. The van der Waals surface area contributed by atoms with E-state index in [2.05, 4.69) is 35.6 Å². The quantitative estimate of drug-likeness (QED) is 0.753. The molecule has 1 saturated carbocycles. The summed E-state index contributed by atoms with van der Waals surface area (Å²) in [7, 11) is 0. The molecule has 1 aliphatic rings. The van der Waals surface area contributed by atoms with Crippen molar-refractivity contribution in [3.8, 4) is 5.75 Å². The Bertz CT molecular complexity index is 578. The van der Waals surface area contributed by atoms with Gasteiger partial charge in [0.05, 0.1) is 13.2 Å². The van der Waals surface area contributed by atoms with E-state index in [0.29, 0.717) is 13.2 Å². The Labute approximate surface area is 132 Å². The van der Waals surface area contributed by atoms with E-state index in [1.54, 1.807) is 0 Å². The van der Waals surface area contributed by atoms with Crippen LogP contribution >= 0.6 is 0 Å². The second-order valence-electron chi connectivity index (χ2n) is 5.91. The van der Waals surface area contributed by atoms with Gasteiger partial charge in [0.25, 0.3) is 0 Å². The smallest absolute Gasteiger partial charge is 0.120 e. The van der Waals surface area contributed by atoms with Crippen molar-refractivity contribution in [2.45, 2.75) is 31.7 Å². The van der Waals surface area contributed by atoms with Gasteiger partial charge in [0.15, 0.2) is 0 Å². The second kappa shape index (κ2) is 8.16. The number of hydrogen-bond donors (Lipinski definition) is 1. The normalized spacial score (nSPS) is 15.5. The molecular formula is C19H25NO2. The van der Waals surface area contributed by atoms with Crippen LogP contribution in [0.15, 0.2) is 42.5 Å². The van der Waals surface area contributed by atoms with E-state index in [4.69, 9.17) is 9.47 Å². The minimum Gasteiger partial charge on any atom is -0.491 e. The van der Waals surface area contributed by atoms with E-state index in [1.807, 2.05) is 12.1 Å². The maximum absolute atomic E-state index is 5.75. The van der Waals surface area contributed by atoms with Gasteiger partial charge in [-0.05, 0) is 35.7 Å². The van der Waals surface area contributed by atoms with Crippen LogP contribution in [0.2, 0.25) is 0 Å². The molecule has 0 atom stereocenters. The van der Waals surface area contributed by atoms with Crippen LogP contribution in [0, 0.1) is 0 Å². The summed E-state index contributed by atoms with van der Waals surface area (Å²) >= 11 is 0. The largest absolute Gasteiger partial charge is 0.491 e. The molecule has 2 aromatic rings. The van der Waals surface area contributed by atoms with Gasteiger partial charge in [-0.25, -0.2) is 0 Å². The molecule has 3 nitrogen and oxygen atoms in total. The van der Waals surface area contributed by atoms with Crippen molar-refractivity contribution in [1.82, 2.24) is 5.32 Å². The van der Waals surface area contributed by atoms with E-state index >= 15 is 0 Å². The minimum absolute atomic E-state index is 0.599. The molecule has 3 rings (SSSR count). The van der Waals surface area contributed by atoms with Gasteiger partial charge in [-0.2, -0.15) is 0 Å². The van der Waals surface area contributed by atoms with E-state index in [9.17, 15) is 0 Å². The molecule has 0 amide bonds. The Morgan fingerprint density at radius 3 is 2.59 bits per heavy atom. The third-order valence-electron chi connectivity index (χ3n) is 4.25. The van der Waals surface area contributed by atoms with Gasteiger partial charge in [0.2, 0.25) is 0 Å². The summed E-state index contributed by atoms with van der Waals surface area (Å²) in [5.74, 6) is 0.909. The van der Waals surface area contributed by atoms with Crippen LogP contribution in [0.4, 0.5) is 0 Å². The summed E-state index contributed by atoms with van der Waals surface area (Å²) in [5, 5.41) is 5.99. The molecule has 1 aliphatic carbocycles. The number of rotatable bonds is 8. The van der Waals surface area contributed by atoms with Crippen LogP contribution in [-0.2, 0) is 4.74 Å². The topological polar surface area (TPSA) is 30.5 Å². The van der Waals surface area contributed by atoms with Gasteiger partial charge in [-0.1, -0.05) is 43.2 Å². The van der Waals surface area contributed by atoms with E-state index in [1.165, 1.54) is 36.5 Å². The third-order valence-corrected chi connectivity index (χ3v) is 4.25. The summed E-state index contributed by atoms with van der Waals surface area (Å²) in [6.45, 7) is 2.94. The zero-order valence-corrected chi connectivity index (χ0v) is 13.1. The Balaban J connectivity index is 1.30. The fraction of sp³-hybridized carbons (Fsp3) is 0.474. The molecule has 3 heteroatoms. The van der Waals surface area contributed by atoms with Gasteiger partial charge in [0.1, 0.15) is 12.4 Å². The molecule has 0 bridgehead atoms. The average Bonchev–Trinajstić information content (AvgIpc) is 3.07. The van der Waals surface area contributed by atoms with Crippen LogP contribution in [-0.4, -0.2) is 32.4 Å². The third kappa shape index (κ3) is 4.46. The SMILES string of the molecule is c1ccc2cc(OCCOCCNC3CCCC3)ccc2c1. The van der Waals surface area contributed by atoms with Crippen LogP contribution in [0.25, 0.3) is 10.8 Å². The fourth-order valence-corrected chi connectivity index (χ4v) is 3.04.